The summed E-state index contributed by atoms with van der Waals surface area (Å²) in [6.45, 7) is 6.85. The third kappa shape index (κ3) is 6.22. The zero-order chi connectivity index (χ0) is 13.5. The minimum Gasteiger partial charge on any atom is -0.390 e. The Morgan fingerprint density at radius 3 is 1.89 bits per heavy atom. The summed E-state index contributed by atoms with van der Waals surface area (Å²) in [6, 6.07) is 0. The van der Waals surface area contributed by atoms with Crippen molar-refractivity contribution in [3.63, 3.8) is 0 Å². The van der Waals surface area contributed by atoms with Gasteiger partial charge in [-0.15, -0.1) is 0 Å². The fourth-order valence-electron chi connectivity index (χ4n) is 3.44. The highest BCUT2D eigenvalue weighted by Gasteiger charge is 2.40. The van der Waals surface area contributed by atoms with Crippen LogP contribution in [-0.2, 0) is 0 Å². The number of rotatable bonds is 9. The van der Waals surface area contributed by atoms with Crippen LogP contribution in [0.5, 0.6) is 0 Å². The van der Waals surface area contributed by atoms with Gasteiger partial charge in [0.25, 0.3) is 0 Å². The average Bonchev–Trinajstić information content (AvgIpc) is 2.57. The number of hydrogen-bond acceptors (Lipinski definition) is 1. The van der Waals surface area contributed by atoms with E-state index in [1.165, 1.54) is 57.8 Å². The molecule has 0 aromatic rings. The van der Waals surface area contributed by atoms with E-state index in [9.17, 15) is 5.11 Å². The molecule has 1 rings (SSSR count). The first kappa shape index (κ1) is 16.0. The van der Waals surface area contributed by atoms with Crippen LogP contribution < -0.4 is 0 Å². The summed E-state index contributed by atoms with van der Waals surface area (Å²) in [4.78, 5) is 0. The van der Waals surface area contributed by atoms with Crippen LogP contribution in [0.1, 0.15) is 97.8 Å². The van der Waals surface area contributed by atoms with Gasteiger partial charge in [0.2, 0.25) is 0 Å². The highest BCUT2D eigenvalue weighted by atomic mass is 16.3. The lowest BCUT2D eigenvalue weighted by molar-refractivity contribution is 0.0264. The molecular weight excluding hydrogens is 220 g/mol. The van der Waals surface area contributed by atoms with Gasteiger partial charge >= 0.3 is 0 Å². The first-order chi connectivity index (χ1) is 8.47. The van der Waals surface area contributed by atoms with Crippen molar-refractivity contribution < 1.29 is 5.11 Å². The Morgan fingerprint density at radius 2 is 1.39 bits per heavy atom. The molecule has 0 aromatic carbocycles. The lowest BCUT2D eigenvalue weighted by Crippen LogP contribution is -2.25. The predicted molar refractivity (Wildman–Crippen MR) is 79.8 cm³/mol. The highest BCUT2D eigenvalue weighted by molar-refractivity contribution is 4.93. The van der Waals surface area contributed by atoms with Gasteiger partial charge in [-0.3, -0.25) is 0 Å². The molecule has 0 amide bonds. The Bertz CT molecular complexity index is 222. The monoisotopic (exact) mass is 254 g/mol. The Labute approximate surface area is 114 Å². The average molecular weight is 254 g/mol. The van der Waals surface area contributed by atoms with Gasteiger partial charge in [0, 0.05) is 0 Å². The number of hydrogen-bond donors (Lipinski definition) is 1. The van der Waals surface area contributed by atoms with Gasteiger partial charge in [-0.25, -0.2) is 0 Å². The Kier molecular flexibility index (Phi) is 6.70. The molecule has 0 heterocycles. The largest absolute Gasteiger partial charge is 0.390 e. The van der Waals surface area contributed by atoms with Gasteiger partial charge in [0.1, 0.15) is 0 Å². The third-order valence-corrected chi connectivity index (χ3v) is 4.57. The van der Waals surface area contributed by atoms with E-state index in [4.69, 9.17) is 0 Å². The fraction of sp³-hybridized carbons (Fsp3) is 1.00. The van der Waals surface area contributed by atoms with Gasteiger partial charge in [0.05, 0.1) is 5.60 Å². The van der Waals surface area contributed by atoms with Crippen LogP contribution in [-0.4, -0.2) is 10.7 Å². The van der Waals surface area contributed by atoms with Gasteiger partial charge < -0.3 is 5.11 Å². The maximum absolute atomic E-state index is 10.5. The molecule has 1 nitrogen and oxygen atoms in total. The summed E-state index contributed by atoms with van der Waals surface area (Å²) in [6.07, 6.45) is 15.1. The van der Waals surface area contributed by atoms with Gasteiger partial charge in [-0.05, 0) is 31.1 Å². The quantitative estimate of drug-likeness (QED) is 0.542. The van der Waals surface area contributed by atoms with Crippen molar-refractivity contribution in [2.75, 3.05) is 0 Å². The second-order valence-electron chi connectivity index (χ2n) is 7.29. The smallest absolute Gasteiger partial charge is 0.0653 e. The summed E-state index contributed by atoms with van der Waals surface area (Å²) in [5, 5.41) is 10.5. The van der Waals surface area contributed by atoms with E-state index in [1.54, 1.807) is 0 Å². The van der Waals surface area contributed by atoms with Crippen molar-refractivity contribution in [2.45, 2.75) is 103 Å². The molecule has 0 aliphatic heterocycles. The van der Waals surface area contributed by atoms with Crippen LogP contribution in [0, 0.1) is 5.41 Å². The van der Waals surface area contributed by atoms with Crippen LogP contribution in [0.25, 0.3) is 0 Å². The Hall–Kier alpha value is -0.0400. The standard InChI is InChI=1S/C17H34O/c1-4-5-6-7-8-9-10-11-12-17(18)14-13-16(2,3)15-17/h18H,4-15H2,1-3H3. The number of aliphatic hydroxyl groups is 1. The van der Waals surface area contributed by atoms with E-state index >= 15 is 0 Å². The maximum atomic E-state index is 10.5. The molecule has 0 aromatic heterocycles. The molecular formula is C17H34O. The molecule has 1 N–H and O–H groups in total. The lowest BCUT2D eigenvalue weighted by atomic mass is 9.87. The molecule has 0 spiro atoms. The maximum Gasteiger partial charge on any atom is 0.0653 e. The van der Waals surface area contributed by atoms with Crippen molar-refractivity contribution in [1.82, 2.24) is 0 Å². The van der Waals surface area contributed by atoms with Crippen LogP contribution in [0.2, 0.25) is 0 Å². The topological polar surface area (TPSA) is 20.2 Å². The summed E-state index contributed by atoms with van der Waals surface area (Å²) in [5.74, 6) is 0. The molecule has 1 fully saturated rings. The predicted octanol–water partition coefficient (Wildman–Crippen LogP) is 5.46. The molecule has 1 atom stereocenters. The molecule has 0 radical (unpaired) electrons. The Morgan fingerprint density at radius 1 is 0.833 bits per heavy atom. The fourth-order valence-corrected chi connectivity index (χ4v) is 3.44. The molecule has 1 aliphatic carbocycles. The summed E-state index contributed by atoms with van der Waals surface area (Å²) < 4.78 is 0. The lowest BCUT2D eigenvalue weighted by Gasteiger charge is -2.25. The molecule has 0 bridgehead atoms. The summed E-state index contributed by atoms with van der Waals surface area (Å²) in [5.41, 5.74) is 0.0423. The zero-order valence-corrected chi connectivity index (χ0v) is 12.9. The SMILES string of the molecule is CCCCCCCCCCC1(O)CCC(C)(C)C1. The van der Waals surface area contributed by atoms with Crippen molar-refractivity contribution >= 4 is 0 Å². The van der Waals surface area contributed by atoms with Gasteiger partial charge in [-0.2, -0.15) is 0 Å². The van der Waals surface area contributed by atoms with E-state index in [0.717, 1.165) is 19.3 Å². The molecule has 0 saturated heterocycles. The molecule has 1 heteroatoms. The van der Waals surface area contributed by atoms with Crippen LogP contribution in [0.4, 0.5) is 0 Å². The van der Waals surface area contributed by atoms with E-state index in [1.807, 2.05) is 0 Å². The first-order valence-corrected chi connectivity index (χ1v) is 8.20. The van der Waals surface area contributed by atoms with Crippen LogP contribution in [0.15, 0.2) is 0 Å². The van der Waals surface area contributed by atoms with Gasteiger partial charge in [-0.1, -0.05) is 72.1 Å². The van der Waals surface area contributed by atoms with E-state index in [-0.39, 0.29) is 5.60 Å². The van der Waals surface area contributed by atoms with E-state index < -0.39 is 0 Å². The van der Waals surface area contributed by atoms with Crippen LogP contribution in [0.3, 0.4) is 0 Å². The second-order valence-corrected chi connectivity index (χ2v) is 7.29. The summed E-state index contributed by atoms with van der Waals surface area (Å²) in [7, 11) is 0. The van der Waals surface area contributed by atoms with E-state index in [0.29, 0.717) is 5.41 Å². The van der Waals surface area contributed by atoms with Crippen molar-refractivity contribution in [2.24, 2.45) is 5.41 Å². The minimum absolute atomic E-state index is 0.328. The van der Waals surface area contributed by atoms with Crippen LogP contribution >= 0.6 is 0 Å². The first-order valence-electron chi connectivity index (χ1n) is 8.20. The molecule has 1 unspecified atom stereocenters. The number of unbranched alkanes of at least 4 members (excludes halogenated alkanes) is 7. The molecule has 108 valence electrons. The molecule has 18 heavy (non-hydrogen) atoms. The molecule has 1 aliphatic rings. The van der Waals surface area contributed by atoms with Crippen molar-refractivity contribution in [3.8, 4) is 0 Å². The van der Waals surface area contributed by atoms with Crippen molar-refractivity contribution in [1.29, 1.82) is 0 Å². The van der Waals surface area contributed by atoms with Crippen molar-refractivity contribution in [3.05, 3.63) is 0 Å². The molecule has 1 saturated carbocycles. The minimum atomic E-state index is -0.328. The second kappa shape index (κ2) is 7.53. The Balaban J connectivity index is 1.98. The van der Waals surface area contributed by atoms with E-state index in [2.05, 4.69) is 20.8 Å². The van der Waals surface area contributed by atoms with Gasteiger partial charge in [0.15, 0.2) is 0 Å². The third-order valence-electron chi connectivity index (χ3n) is 4.57. The normalized spacial score (nSPS) is 26.7. The summed E-state index contributed by atoms with van der Waals surface area (Å²) >= 11 is 0. The zero-order valence-electron chi connectivity index (χ0n) is 12.9. The highest BCUT2D eigenvalue weighted by Crippen LogP contribution is 2.45.